The van der Waals surface area contributed by atoms with Gasteiger partial charge in [-0.05, 0) is 112 Å². The van der Waals surface area contributed by atoms with E-state index in [-0.39, 0.29) is 0 Å². The normalized spacial score (nSPS) is 14.5. The minimum atomic E-state index is 0.330. The molecule has 0 nitrogen and oxygen atoms in total. The third-order valence-corrected chi connectivity index (χ3v) is 10.7. The van der Waals surface area contributed by atoms with E-state index in [9.17, 15) is 0 Å². The minimum Gasteiger partial charge on any atom is -0.0619 e. The molecule has 2 aliphatic carbocycles. The smallest absolute Gasteiger partial charge is 0.0308 e. The first kappa shape index (κ1) is 26.5. The number of rotatable bonds is 4. The Bertz CT molecular complexity index is 2540. The lowest BCUT2D eigenvalue weighted by atomic mass is 9.83. The van der Waals surface area contributed by atoms with Crippen molar-refractivity contribution in [3.63, 3.8) is 0 Å². The van der Waals surface area contributed by atoms with Gasteiger partial charge in [-0.15, -0.1) is 0 Å². The molecule has 0 aliphatic heterocycles. The number of benzene rings is 8. The van der Waals surface area contributed by atoms with Gasteiger partial charge in [0.05, 0.1) is 0 Å². The van der Waals surface area contributed by atoms with E-state index >= 15 is 0 Å². The van der Waals surface area contributed by atoms with E-state index in [1.54, 1.807) is 0 Å². The Kier molecular flexibility index (Phi) is 5.72. The van der Waals surface area contributed by atoms with Crippen LogP contribution < -0.4 is 0 Å². The van der Waals surface area contributed by atoms with E-state index in [4.69, 9.17) is 0 Å². The van der Waals surface area contributed by atoms with Gasteiger partial charge in [-0.2, -0.15) is 0 Å². The third kappa shape index (κ3) is 3.82. The van der Waals surface area contributed by atoms with Crippen LogP contribution in [0.3, 0.4) is 0 Å². The summed E-state index contributed by atoms with van der Waals surface area (Å²) < 4.78 is 0. The lowest BCUT2D eigenvalue weighted by Gasteiger charge is -2.20. The maximum Gasteiger partial charge on any atom is 0.0308 e. The largest absolute Gasteiger partial charge is 0.0619 e. The highest BCUT2D eigenvalue weighted by Crippen LogP contribution is 2.51. The fourth-order valence-corrected chi connectivity index (χ4v) is 8.64. The molecule has 0 aromatic heterocycles. The minimum absolute atomic E-state index is 0.330. The summed E-state index contributed by atoms with van der Waals surface area (Å²) in [5, 5.41) is 7.84. The molecule has 0 N–H and O–H groups in total. The van der Waals surface area contributed by atoms with Crippen molar-refractivity contribution in [1.29, 1.82) is 0 Å². The zero-order valence-corrected chi connectivity index (χ0v) is 26.3. The van der Waals surface area contributed by atoms with Gasteiger partial charge in [-0.25, -0.2) is 0 Å². The van der Waals surface area contributed by atoms with Gasteiger partial charge < -0.3 is 0 Å². The second kappa shape index (κ2) is 10.1. The molecule has 1 unspecified atom stereocenters. The maximum atomic E-state index is 2.44. The molecule has 0 spiro atoms. The van der Waals surface area contributed by atoms with E-state index in [1.165, 1.54) is 99.1 Å². The van der Waals surface area contributed by atoms with Gasteiger partial charge in [0.25, 0.3) is 0 Å². The molecule has 1 atom stereocenters. The van der Waals surface area contributed by atoms with Crippen molar-refractivity contribution in [2.75, 3.05) is 0 Å². The van der Waals surface area contributed by atoms with Crippen LogP contribution in [0.2, 0.25) is 0 Å². The van der Waals surface area contributed by atoms with Gasteiger partial charge in [0, 0.05) is 5.92 Å². The molecule has 220 valence electrons. The number of allylic oxidation sites excluding steroid dienone is 1. The van der Waals surface area contributed by atoms with Crippen molar-refractivity contribution in [3.8, 4) is 44.5 Å². The van der Waals surface area contributed by atoms with Gasteiger partial charge in [0.15, 0.2) is 0 Å². The van der Waals surface area contributed by atoms with E-state index in [1.807, 2.05) is 0 Å². The Balaban J connectivity index is 1.19. The van der Waals surface area contributed by atoms with Crippen molar-refractivity contribution >= 4 is 38.4 Å². The molecule has 0 radical (unpaired) electrons. The molecule has 0 saturated carbocycles. The van der Waals surface area contributed by atoms with Crippen LogP contribution in [0.5, 0.6) is 0 Å². The summed E-state index contributed by atoms with van der Waals surface area (Å²) in [7, 11) is 0. The molecule has 0 amide bonds. The summed E-state index contributed by atoms with van der Waals surface area (Å²) in [6.07, 6.45) is 3.45. The molecule has 0 heterocycles. The zero-order chi connectivity index (χ0) is 31.1. The fraction of sp³-hybridized carbons (Fsp3) is 0.0638. The highest BCUT2D eigenvalue weighted by atomic mass is 14.3. The topological polar surface area (TPSA) is 0 Å². The van der Waals surface area contributed by atoms with Crippen LogP contribution in [0.25, 0.3) is 82.9 Å². The molecule has 0 heteroatoms. The van der Waals surface area contributed by atoms with Crippen LogP contribution in [-0.4, -0.2) is 0 Å². The summed E-state index contributed by atoms with van der Waals surface area (Å²) in [5.74, 6) is 0.330. The average molecular weight is 597 g/mol. The molecule has 8 aromatic rings. The Morgan fingerprint density at radius 3 is 1.72 bits per heavy atom. The van der Waals surface area contributed by atoms with E-state index in [0.29, 0.717) is 5.92 Å². The highest BCUT2D eigenvalue weighted by Gasteiger charge is 2.26. The molecule has 0 saturated heterocycles. The van der Waals surface area contributed by atoms with Crippen LogP contribution in [0, 0.1) is 0 Å². The number of hydrogen-bond acceptors (Lipinski definition) is 0. The van der Waals surface area contributed by atoms with Crippen molar-refractivity contribution in [3.05, 3.63) is 174 Å². The number of hydrogen-bond donors (Lipinski definition) is 0. The lowest BCUT2D eigenvalue weighted by Crippen LogP contribution is -2.01. The molecule has 47 heavy (non-hydrogen) atoms. The van der Waals surface area contributed by atoms with E-state index in [2.05, 4.69) is 165 Å². The summed E-state index contributed by atoms with van der Waals surface area (Å²) in [5.41, 5.74) is 16.1. The zero-order valence-electron chi connectivity index (χ0n) is 26.3. The van der Waals surface area contributed by atoms with Crippen molar-refractivity contribution in [1.82, 2.24) is 0 Å². The molecule has 0 bridgehead atoms. The maximum absolute atomic E-state index is 2.44. The Morgan fingerprint density at radius 2 is 1.04 bits per heavy atom. The average Bonchev–Trinajstić information content (AvgIpc) is 3.67. The quantitative estimate of drug-likeness (QED) is 0.177. The van der Waals surface area contributed by atoms with Crippen molar-refractivity contribution in [2.24, 2.45) is 0 Å². The van der Waals surface area contributed by atoms with Crippen molar-refractivity contribution < 1.29 is 0 Å². The lowest BCUT2D eigenvalue weighted by molar-refractivity contribution is 0.908. The van der Waals surface area contributed by atoms with Crippen LogP contribution in [-0.2, 0) is 0 Å². The number of fused-ring (bicyclic) bond motifs is 6. The fourth-order valence-electron chi connectivity index (χ4n) is 8.64. The SMILES string of the molecule is CCC1=Cc2ccccc2C1c1ccc(-c2c3ccccc3c(-c3cc4c5c(cccc5c3)-c3ccccc3-4)c3ccccc23)cc1. The first-order valence-corrected chi connectivity index (χ1v) is 16.8. The second-order valence-electron chi connectivity index (χ2n) is 13.1. The van der Waals surface area contributed by atoms with E-state index in [0.717, 1.165) is 6.42 Å². The van der Waals surface area contributed by atoms with Crippen molar-refractivity contribution in [2.45, 2.75) is 19.3 Å². The van der Waals surface area contributed by atoms with Gasteiger partial charge >= 0.3 is 0 Å². The standard InChI is InChI=1S/C47H32/c1-2-29-26-32-12-3-4-14-35(32)44(29)30-22-24-31(25-23-30)45-39-17-7-9-19-41(39)47(42-20-10-8-18-40(42)45)34-27-33-13-11-21-38-36-15-5-6-16-37(36)43(28-34)46(33)38/h3-28,44H,2H2,1H3. The van der Waals surface area contributed by atoms with E-state index < -0.39 is 0 Å². The predicted octanol–water partition coefficient (Wildman–Crippen LogP) is 13.1. The Hall–Kier alpha value is -5.72. The first-order valence-electron chi connectivity index (χ1n) is 16.8. The summed E-state index contributed by atoms with van der Waals surface area (Å²) in [6.45, 7) is 2.28. The van der Waals surface area contributed by atoms with Crippen LogP contribution in [0.1, 0.15) is 36.0 Å². The van der Waals surface area contributed by atoms with Crippen LogP contribution in [0.4, 0.5) is 0 Å². The Morgan fingerprint density at radius 1 is 0.468 bits per heavy atom. The van der Waals surface area contributed by atoms with Crippen LogP contribution >= 0.6 is 0 Å². The molecule has 10 rings (SSSR count). The summed E-state index contributed by atoms with van der Waals surface area (Å²) in [6, 6.07) is 56.8. The van der Waals surface area contributed by atoms with Gasteiger partial charge in [0.1, 0.15) is 0 Å². The molecule has 2 aliphatic rings. The summed E-state index contributed by atoms with van der Waals surface area (Å²) >= 11 is 0. The first-order chi connectivity index (χ1) is 23.3. The molecule has 0 fully saturated rings. The molecular weight excluding hydrogens is 565 g/mol. The van der Waals surface area contributed by atoms with Gasteiger partial charge in [-0.1, -0.05) is 158 Å². The molecular formula is C47H32. The monoisotopic (exact) mass is 596 g/mol. The summed E-state index contributed by atoms with van der Waals surface area (Å²) in [4.78, 5) is 0. The van der Waals surface area contributed by atoms with Gasteiger partial charge in [-0.3, -0.25) is 0 Å². The van der Waals surface area contributed by atoms with Crippen LogP contribution in [0.15, 0.2) is 157 Å². The predicted molar refractivity (Wildman–Crippen MR) is 201 cm³/mol. The Labute approximate surface area is 275 Å². The highest BCUT2D eigenvalue weighted by molar-refractivity contribution is 6.23. The van der Waals surface area contributed by atoms with Gasteiger partial charge in [0.2, 0.25) is 0 Å². The third-order valence-electron chi connectivity index (χ3n) is 10.7. The molecule has 8 aromatic carbocycles. The second-order valence-corrected chi connectivity index (χ2v) is 13.1.